The molecule has 6 heteroatoms. The normalized spacial score (nSPS) is 11.6. The van der Waals surface area contributed by atoms with Crippen LogP contribution < -0.4 is 20.5 Å². The molecule has 0 unspecified atom stereocenters. The summed E-state index contributed by atoms with van der Waals surface area (Å²) in [5.41, 5.74) is 6.96. The van der Waals surface area contributed by atoms with Crippen LogP contribution in [0, 0.1) is 5.92 Å². The third kappa shape index (κ3) is 7.88. The van der Waals surface area contributed by atoms with Crippen molar-refractivity contribution in [3.63, 3.8) is 0 Å². The number of rotatable bonds is 10. The van der Waals surface area contributed by atoms with Gasteiger partial charge in [-0.1, -0.05) is 19.9 Å². The van der Waals surface area contributed by atoms with Gasteiger partial charge in [0.05, 0.1) is 19.3 Å². The number of benzene rings is 1. The first-order chi connectivity index (χ1) is 11.0. The van der Waals surface area contributed by atoms with Gasteiger partial charge in [0.25, 0.3) is 0 Å². The third-order valence-electron chi connectivity index (χ3n) is 3.38. The minimum atomic E-state index is -0.436. The van der Waals surface area contributed by atoms with Crippen molar-refractivity contribution in [1.82, 2.24) is 5.32 Å². The second-order valence-corrected chi connectivity index (χ2v) is 5.92. The number of hydrogen-bond donors (Lipinski definition) is 2. The molecule has 0 heterocycles. The van der Waals surface area contributed by atoms with Crippen LogP contribution in [0.4, 0.5) is 0 Å². The quantitative estimate of drug-likeness (QED) is 0.674. The molecule has 0 bridgehead atoms. The molecule has 5 nitrogen and oxygen atoms in total. The number of nitrogens with one attached hydrogen (secondary N) is 1. The molecule has 1 atom stereocenters. The summed E-state index contributed by atoms with van der Waals surface area (Å²) in [6.45, 7) is 9.75. The van der Waals surface area contributed by atoms with Crippen LogP contribution in [0.5, 0.6) is 11.5 Å². The number of hydrogen-bond acceptors (Lipinski definition) is 4. The SMILES string of the molecule is CCOc1ccc(CCNC(=O)[C@@H](N)CC(C)C)cc1OCC.Cl. The summed E-state index contributed by atoms with van der Waals surface area (Å²) in [4.78, 5) is 11.9. The van der Waals surface area contributed by atoms with E-state index in [1.807, 2.05) is 32.0 Å². The second kappa shape index (κ2) is 12.0. The van der Waals surface area contributed by atoms with Gasteiger partial charge in [0.2, 0.25) is 5.91 Å². The highest BCUT2D eigenvalue weighted by molar-refractivity contribution is 5.85. The zero-order chi connectivity index (χ0) is 17.2. The minimum Gasteiger partial charge on any atom is -0.490 e. The van der Waals surface area contributed by atoms with Crippen molar-refractivity contribution in [2.45, 2.75) is 46.6 Å². The summed E-state index contributed by atoms with van der Waals surface area (Å²) >= 11 is 0. The molecule has 138 valence electrons. The zero-order valence-electron chi connectivity index (χ0n) is 15.1. The lowest BCUT2D eigenvalue weighted by Crippen LogP contribution is -2.42. The number of halogens is 1. The molecule has 1 amide bonds. The van der Waals surface area contributed by atoms with Gasteiger partial charge in [0.15, 0.2) is 11.5 Å². The van der Waals surface area contributed by atoms with Gasteiger partial charge < -0.3 is 20.5 Å². The van der Waals surface area contributed by atoms with Gasteiger partial charge in [-0.2, -0.15) is 0 Å². The first-order valence-electron chi connectivity index (χ1n) is 8.39. The van der Waals surface area contributed by atoms with Crippen LogP contribution in [0.2, 0.25) is 0 Å². The molecule has 0 spiro atoms. The molecule has 0 aliphatic carbocycles. The predicted molar refractivity (Wildman–Crippen MR) is 100 cm³/mol. The van der Waals surface area contributed by atoms with Crippen LogP contribution in [-0.2, 0) is 11.2 Å². The lowest BCUT2D eigenvalue weighted by atomic mass is 10.0. The maximum Gasteiger partial charge on any atom is 0.236 e. The number of amides is 1. The van der Waals surface area contributed by atoms with Gasteiger partial charge in [-0.3, -0.25) is 4.79 Å². The van der Waals surface area contributed by atoms with Gasteiger partial charge in [-0.25, -0.2) is 0 Å². The summed E-state index contributed by atoms with van der Waals surface area (Å²) < 4.78 is 11.2. The average molecular weight is 359 g/mol. The van der Waals surface area contributed by atoms with Crippen molar-refractivity contribution in [1.29, 1.82) is 0 Å². The van der Waals surface area contributed by atoms with E-state index < -0.39 is 6.04 Å². The van der Waals surface area contributed by atoms with Crippen molar-refractivity contribution in [2.24, 2.45) is 11.7 Å². The van der Waals surface area contributed by atoms with E-state index >= 15 is 0 Å². The molecule has 1 aromatic carbocycles. The number of ether oxygens (including phenoxy) is 2. The van der Waals surface area contributed by atoms with Crippen LogP contribution in [0.1, 0.15) is 39.7 Å². The van der Waals surface area contributed by atoms with Gasteiger partial charge in [0.1, 0.15) is 0 Å². The largest absolute Gasteiger partial charge is 0.490 e. The van der Waals surface area contributed by atoms with Crippen LogP contribution in [0.25, 0.3) is 0 Å². The topological polar surface area (TPSA) is 73.6 Å². The molecule has 0 aromatic heterocycles. The summed E-state index contributed by atoms with van der Waals surface area (Å²) in [6, 6.07) is 5.44. The Labute approximate surface area is 151 Å². The maximum atomic E-state index is 11.9. The fourth-order valence-corrected chi connectivity index (χ4v) is 2.33. The van der Waals surface area contributed by atoms with Gasteiger partial charge >= 0.3 is 0 Å². The predicted octanol–water partition coefficient (Wildman–Crippen LogP) is 2.94. The Morgan fingerprint density at radius 2 is 1.79 bits per heavy atom. The number of carbonyl (C=O) groups excluding carboxylic acids is 1. The first kappa shape index (κ1) is 22.5. The Kier molecular flexibility index (Phi) is 11.3. The van der Waals surface area contributed by atoms with Gasteiger partial charge in [0, 0.05) is 6.54 Å². The second-order valence-electron chi connectivity index (χ2n) is 5.92. The van der Waals surface area contributed by atoms with Crippen LogP contribution in [-0.4, -0.2) is 31.7 Å². The fraction of sp³-hybridized carbons (Fsp3) is 0.611. The summed E-state index contributed by atoms with van der Waals surface area (Å²) in [5.74, 6) is 1.82. The van der Waals surface area contributed by atoms with Gasteiger partial charge in [-0.15, -0.1) is 12.4 Å². The molecule has 3 N–H and O–H groups in total. The molecule has 0 saturated carbocycles. The molecule has 0 radical (unpaired) electrons. The van der Waals surface area contributed by atoms with Crippen molar-refractivity contribution in [3.05, 3.63) is 23.8 Å². The molecule has 0 saturated heterocycles. The first-order valence-corrected chi connectivity index (χ1v) is 8.39. The maximum absolute atomic E-state index is 11.9. The van der Waals surface area contributed by atoms with Gasteiger partial charge in [-0.05, 0) is 50.3 Å². The van der Waals surface area contributed by atoms with E-state index in [9.17, 15) is 4.79 Å². The molecular formula is C18H31ClN2O3. The average Bonchev–Trinajstić information content (AvgIpc) is 2.49. The molecule has 1 aromatic rings. The summed E-state index contributed by atoms with van der Waals surface area (Å²) in [6.07, 6.45) is 1.43. The van der Waals surface area contributed by atoms with Crippen LogP contribution >= 0.6 is 12.4 Å². The molecule has 0 fully saturated rings. The highest BCUT2D eigenvalue weighted by Crippen LogP contribution is 2.28. The van der Waals surface area contributed by atoms with E-state index in [1.54, 1.807) is 0 Å². The van der Waals surface area contributed by atoms with E-state index in [0.29, 0.717) is 32.1 Å². The number of carbonyl (C=O) groups is 1. The Balaban J connectivity index is 0.00000529. The standard InChI is InChI=1S/C18H30N2O3.ClH/c1-5-22-16-8-7-14(12-17(16)23-6-2)9-10-20-18(21)15(19)11-13(3)4;/h7-8,12-13,15H,5-6,9-11,19H2,1-4H3,(H,20,21);1H/t15-;/m0./s1. The Morgan fingerprint density at radius 3 is 2.38 bits per heavy atom. The van der Waals surface area contributed by atoms with E-state index in [4.69, 9.17) is 15.2 Å². The fourth-order valence-electron chi connectivity index (χ4n) is 2.33. The Morgan fingerprint density at radius 1 is 1.17 bits per heavy atom. The van der Waals surface area contributed by atoms with E-state index in [0.717, 1.165) is 23.5 Å². The summed E-state index contributed by atoms with van der Waals surface area (Å²) in [5, 5.41) is 2.89. The van der Waals surface area contributed by atoms with E-state index in [1.165, 1.54) is 0 Å². The molecule has 0 aliphatic rings. The molecule has 24 heavy (non-hydrogen) atoms. The van der Waals surface area contributed by atoms with Crippen molar-refractivity contribution in [3.8, 4) is 11.5 Å². The summed E-state index contributed by atoms with van der Waals surface area (Å²) in [7, 11) is 0. The van der Waals surface area contributed by atoms with Crippen molar-refractivity contribution in [2.75, 3.05) is 19.8 Å². The monoisotopic (exact) mass is 358 g/mol. The van der Waals surface area contributed by atoms with Crippen molar-refractivity contribution >= 4 is 18.3 Å². The molecule has 0 aliphatic heterocycles. The lowest BCUT2D eigenvalue weighted by Gasteiger charge is -2.15. The zero-order valence-corrected chi connectivity index (χ0v) is 15.9. The van der Waals surface area contributed by atoms with Crippen LogP contribution in [0.15, 0.2) is 18.2 Å². The molecule has 1 rings (SSSR count). The minimum absolute atomic E-state index is 0. The van der Waals surface area contributed by atoms with Crippen molar-refractivity contribution < 1.29 is 14.3 Å². The highest BCUT2D eigenvalue weighted by Gasteiger charge is 2.14. The Bertz CT molecular complexity index is 495. The smallest absolute Gasteiger partial charge is 0.236 e. The van der Waals surface area contributed by atoms with E-state index in [2.05, 4.69) is 19.2 Å². The number of nitrogens with two attached hydrogens (primary N) is 1. The molecular weight excluding hydrogens is 328 g/mol. The van der Waals surface area contributed by atoms with E-state index in [-0.39, 0.29) is 18.3 Å². The lowest BCUT2D eigenvalue weighted by molar-refractivity contribution is -0.122. The van der Waals surface area contributed by atoms with Crippen LogP contribution in [0.3, 0.4) is 0 Å². The highest BCUT2D eigenvalue weighted by atomic mass is 35.5. The Hall–Kier alpha value is -1.46. The third-order valence-corrected chi connectivity index (χ3v) is 3.38.